The number of likely N-dealkylation sites (tertiary alicyclic amines) is 1. The molecule has 1 saturated heterocycles. The van der Waals surface area contributed by atoms with Crippen LogP contribution in [0.3, 0.4) is 0 Å². The van der Waals surface area contributed by atoms with E-state index in [1.165, 1.54) is 6.07 Å². The van der Waals surface area contributed by atoms with Gasteiger partial charge >= 0.3 is 0 Å². The molecular weight excluding hydrogens is 278 g/mol. The summed E-state index contributed by atoms with van der Waals surface area (Å²) in [5.74, 6) is 1.21. The molecule has 5 nitrogen and oxygen atoms in total. The quantitative estimate of drug-likeness (QED) is 0.887. The van der Waals surface area contributed by atoms with Gasteiger partial charge in [-0.2, -0.15) is 0 Å². The number of ether oxygens (including phenoxy) is 1. The molecule has 5 heteroatoms. The van der Waals surface area contributed by atoms with Crippen molar-refractivity contribution in [3.63, 3.8) is 0 Å². The number of pyridine rings is 1. The predicted octanol–water partition coefficient (Wildman–Crippen LogP) is 2.07. The number of hydrogen-bond acceptors (Lipinski definition) is 4. The Bertz CT molecular complexity index is 669. The molecule has 0 bridgehead atoms. The Kier molecular flexibility index (Phi) is 4.44. The fourth-order valence-electron chi connectivity index (χ4n) is 2.64. The van der Waals surface area contributed by atoms with Crippen LogP contribution in [-0.4, -0.2) is 36.1 Å². The lowest BCUT2D eigenvalue weighted by atomic mass is 10.2. The van der Waals surface area contributed by atoms with Gasteiger partial charge in [-0.25, -0.2) is 0 Å². The van der Waals surface area contributed by atoms with Crippen molar-refractivity contribution in [3.8, 4) is 5.88 Å². The van der Waals surface area contributed by atoms with Gasteiger partial charge in [0.1, 0.15) is 11.9 Å². The van der Waals surface area contributed by atoms with Crippen LogP contribution in [-0.2, 0) is 6.54 Å². The first-order valence-corrected chi connectivity index (χ1v) is 7.56. The van der Waals surface area contributed by atoms with E-state index in [1.54, 1.807) is 6.07 Å². The Hall–Kier alpha value is -2.27. The third kappa shape index (κ3) is 3.89. The number of aromatic nitrogens is 1. The molecule has 1 fully saturated rings. The van der Waals surface area contributed by atoms with E-state index < -0.39 is 0 Å². The van der Waals surface area contributed by atoms with Crippen LogP contribution in [0.5, 0.6) is 5.88 Å². The van der Waals surface area contributed by atoms with Crippen molar-refractivity contribution in [2.75, 3.05) is 25.5 Å². The molecule has 22 heavy (non-hydrogen) atoms. The summed E-state index contributed by atoms with van der Waals surface area (Å²) in [6.07, 6.45) is 1.13. The molecule has 0 spiro atoms. The van der Waals surface area contributed by atoms with E-state index in [2.05, 4.69) is 22.2 Å². The number of nitrogens with zero attached hydrogens (tertiary/aromatic N) is 1. The number of H-pyrrole nitrogens is 1. The maximum atomic E-state index is 11.8. The van der Waals surface area contributed by atoms with E-state index in [-0.39, 0.29) is 11.5 Å². The second-order valence-corrected chi connectivity index (χ2v) is 5.72. The SMILES string of the molecule is CN1CC[C@H](Oc2cc(=O)cc(NCc3ccccc3)[nH]2)C1. The molecule has 0 saturated carbocycles. The predicted molar refractivity (Wildman–Crippen MR) is 87.4 cm³/mol. The second-order valence-electron chi connectivity index (χ2n) is 5.72. The molecule has 0 amide bonds. The van der Waals surface area contributed by atoms with Gasteiger partial charge in [0.15, 0.2) is 11.3 Å². The van der Waals surface area contributed by atoms with Gasteiger partial charge in [0.05, 0.1) is 0 Å². The first-order valence-electron chi connectivity index (χ1n) is 7.56. The summed E-state index contributed by atoms with van der Waals surface area (Å²) in [6.45, 7) is 2.58. The number of benzene rings is 1. The summed E-state index contributed by atoms with van der Waals surface area (Å²) in [6, 6.07) is 13.1. The minimum atomic E-state index is -0.0596. The average molecular weight is 299 g/mol. The molecule has 1 atom stereocenters. The van der Waals surface area contributed by atoms with Gasteiger partial charge in [0.25, 0.3) is 0 Å². The fourth-order valence-corrected chi connectivity index (χ4v) is 2.64. The first kappa shape index (κ1) is 14.7. The van der Waals surface area contributed by atoms with Crippen molar-refractivity contribution in [2.24, 2.45) is 0 Å². The van der Waals surface area contributed by atoms with Crippen LogP contribution in [0.1, 0.15) is 12.0 Å². The molecule has 0 unspecified atom stereocenters. The van der Waals surface area contributed by atoms with Gasteiger partial charge < -0.3 is 19.9 Å². The number of likely N-dealkylation sites (N-methyl/N-ethyl adjacent to an activating group) is 1. The van der Waals surface area contributed by atoms with E-state index in [1.807, 2.05) is 30.3 Å². The summed E-state index contributed by atoms with van der Waals surface area (Å²) < 4.78 is 5.88. The molecule has 0 radical (unpaired) electrons. The summed E-state index contributed by atoms with van der Waals surface area (Å²) in [5, 5.41) is 3.23. The molecule has 1 aromatic carbocycles. The fraction of sp³-hybridized carbons (Fsp3) is 0.353. The lowest BCUT2D eigenvalue weighted by Crippen LogP contribution is -2.22. The van der Waals surface area contributed by atoms with Crippen LogP contribution < -0.4 is 15.5 Å². The maximum absolute atomic E-state index is 11.8. The summed E-state index contributed by atoms with van der Waals surface area (Å²) in [7, 11) is 2.07. The molecule has 2 N–H and O–H groups in total. The molecule has 1 aromatic heterocycles. The number of rotatable bonds is 5. The molecule has 2 aromatic rings. The smallest absolute Gasteiger partial charge is 0.196 e. The molecule has 1 aliphatic rings. The highest BCUT2D eigenvalue weighted by Gasteiger charge is 2.21. The highest BCUT2D eigenvalue weighted by molar-refractivity contribution is 5.38. The normalized spacial score (nSPS) is 18.3. The van der Waals surface area contributed by atoms with Gasteiger partial charge in [0.2, 0.25) is 0 Å². The monoisotopic (exact) mass is 299 g/mol. The van der Waals surface area contributed by atoms with Crippen molar-refractivity contribution in [1.82, 2.24) is 9.88 Å². The zero-order chi connectivity index (χ0) is 15.4. The Morgan fingerprint density at radius 3 is 2.86 bits per heavy atom. The van der Waals surface area contributed by atoms with Crippen LogP contribution in [0.25, 0.3) is 0 Å². The Labute approximate surface area is 129 Å². The molecule has 116 valence electrons. The molecule has 2 heterocycles. The lowest BCUT2D eigenvalue weighted by Gasteiger charge is -2.15. The van der Waals surface area contributed by atoms with Crippen LogP contribution >= 0.6 is 0 Å². The zero-order valence-electron chi connectivity index (χ0n) is 12.7. The lowest BCUT2D eigenvalue weighted by molar-refractivity contribution is 0.200. The molecule has 0 aliphatic carbocycles. The molecule has 1 aliphatic heterocycles. The van der Waals surface area contributed by atoms with E-state index in [9.17, 15) is 4.79 Å². The van der Waals surface area contributed by atoms with Crippen molar-refractivity contribution < 1.29 is 4.74 Å². The summed E-state index contributed by atoms with van der Waals surface area (Å²) in [5.41, 5.74) is 1.10. The zero-order valence-corrected chi connectivity index (χ0v) is 12.7. The minimum Gasteiger partial charge on any atom is -0.474 e. The average Bonchev–Trinajstić information content (AvgIpc) is 2.91. The van der Waals surface area contributed by atoms with Crippen LogP contribution in [0.15, 0.2) is 47.3 Å². The second kappa shape index (κ2) is 6.66. The highest BCUT2D eigenvalue weighted by atomic mass is 16.5. The van der Waals surface area contributed by atoms with Crippen molar-refractivity contribution >= 4 is 5.82 Å². The number of anilines is 1. The van der Waals surface area contributed by atoms with Crippen LogP contribution in [0.4, 0.5) is 5.82 Å². The van der Waals surface area contributed by atoms with Gasteiger partial charge in [-0.15, -0.1) is 0 Å². The third-order valence-electron chi connectivity index (χ3n) is 3.79. The third-order valence-corrected chi connectivity index (χ3v) is 3.79. The standard InChI is InChI=1S/C17H21N3O2/c1-20-8-7-15(12-20)22-17-10-14(21)9-16(19-17)18-11-13-5-3-2-4-6-13/h2-6,9-10,15H,7-8,11-12H2,1H3,(H2,18,19,21)/t15-/m0/s1. The highest BCUT2D eigenvalue weighted by Crippen LogP contribution is 2.16. The van der Waals surface area contributed by atoms with E-state index >= 15 is 0 Å². The Morgan fingerprint density at radius 2 is 2.14 bits per heavy atom. The largest absolute Gasteiger partial charge is 0.474 e. The van der Waals surface area contributed by atoms with E-state index in [0.717, 1.165) is 25.1 Å². The number of aromatic amines is 1. The van der Waals surface area contributed by atoms with E-state index in [0.29, 0.717) is 18.2 Å². The summed E-state index contributed by atoms with van der Waals surface area (Å²) >= 11 is 0. The van der Waals surface area contributed by atoms with Gasteiger partial charge in [-0.3, -0.25) is 4.79 Å². The van der Waals surface area contributed by atoms with Gasteiger partial charge in [0, 0.05) is 31.8 Å². The number of nitrogens with one attached hydrogen (secondary N) is 2. The topological polar surface area (TPSA) is 57.4 Å². The maximum Gasteiger partial charge on any atom is 0.196 e. The Morgan fingerprint density at radius 1 is 1.32 bits per heavy atom. The molecule has 3 rings (SSSR count). The van der Waals surface area contributed by atoms with Crippen molar-refractivity contribution in [2.45, 2.75) is 19.1 Å². The Balaban J connectivity index is 1.66. The van der Waals surface area contributed by atoms with Crippen molar-refractivity contribution in [3.05, 3.63) is 58.3 Å². The van der Waals surface area contributed by atoms with E-state index in [4.69, 9.17) is 4.74 Å². The summed E-state index contributed by atoms with van der Waals surface area (Å²) in [4.78, 5) is 17.2. The van der Waals surface area contributed by atoms with Crippen molar-refractivity contribution in [1.29, 1.82) is 0 Å². The number of hydrogen-bond donors (Lipinski definition) is 2. The van der Waals surface area contributed by atoms with Gasteiger partial charge in [-0.05, 0) is 19.0 Å². The first-order chi connectivity index (χ1) is 10.7. The van der Waals surface area contributed by atoms with Crippen LogP contribution in [0.2, 0.25) is 0 Å². The van der Waals surface area contributed by atoms with Gasteiger partial charge in [-0.1, -0.05) is 30.3 Å². The van der Waals surface area contributed by atoms with Crippen LogP contribution in [0, 0.1) is 0 Å². The minimum absolute atomic E-state index is 0.0596. The molecular formula is C17H21N3O2.